The van der Waals surface area contributed by atoms with Gasteiger partial charge in [0.25, 0.3) is 0 Å². The Morgan fingerprint density at radius 1 is 1.23 bits per heavy atom. The van der Waals surface area contributed by atoms with Gasteiger partial charge < -0.3 is 9.88 Å². The van der Waals surface area contributed by atoms with Crippen molar-refractivity contribution in [3.63, 3.8) is 0 Å². The van der Waals surface area contributed by atoms with E-state index in [1.807, 2.05) is 60.2 Å². The largest absolute Gasteiger partial charge is 0.322 e. The molecule has 1 aliphatic heterocycles. The molecule has 0 fully saturated rings. The lowest BCUT2D eigenvalue weighted by molar-refractivity contribution is -0.126. The summed E-state index contributed by atoms with van der Waals surface area (Å²) in [5.41, 5.74) is 0.348. The average molecular weight is 442 g/mol. The number of carbonyl (C=O) groups is 2. The summed E-state index contributed by atoms with van der Waals surface area (Å²) in [5, 5.41) is 13.8. The molecule has 4 rings (SSSR count). The van der Waals surface area contributed by atoms with Crippen LogP contribution in [0.2, 0.25) is 0 Å². The second-order valence-electron chi connectivity index (χ2n) is 7.49. The first-order valence-electron chi connectivity index (χ1n) is 9.73. The van der Waals surface area contributed by atoms with Crippen molar-refractivity contribution in [1.29, 1.82) is 0 Å². The van der Waals surface area contributed by atoms with Gasteiger partial charge in [0.05, 0.1) is 21.5 Å². The summed E-state index contributed by atoms with van der Waals surface area (Å²) in [7, 11) is 0. The van der Waals surface area contributed by atoms with Crippen molar-refractivity contribution in [3.05, 3.63) is 41.8 Å². The Labute approximate surface area is 183 Å². The van der Waals surface area contributed by atoms with Crippen molar-refractivity contribution < 1.29 is 9.59 Å². The third-order valence-electron chi connectivity index (χ3n) is 5.13. The number of aromatic nitrogens is 3. The SMILES string of the molecule is CCn1c(SC(C)C(=O)N2c3ccccc3NC(=O)C2(C)C)nnc1-c1cccs1. The third-order valence-corrected chi connectivity index (χ3v) is 7.07. The molecule has 0 saturated carbocycles. The van der Waals surface area contributed by atoms with E-state index >= 15 is 0 Å². The zero-order valence-electron chi connectivity index (χ0n) is 17.2. The van der Waals surface area contributed by atoms with Crippen LogP contribution in [0.25, 0.3) is 10.7 Å². The molecule has 7 nitrogen and oxygen atoms in total. The fraction of sp³-hybridized carbons (Fsp3) is 0.333. The van der Waals surface area contributed by atoms with Crippen LogP contribution in [-0.2, 0) is 16.1 Å². The van der Waals surface area contributed by atoms with Gasteiger partial charge in [-0.3, -0.25) is 14.5 Å². The highest BCUT2D eigenvalue weighted by Gasteiger charge is 2.45. The fourth-order valence-corrected chi connectivity index (χ4v) is 5.16. The summed E-state index contributed by atoms with van der Waals surface area (Å²) in [4.78, 5) is 28.8. The van der Waals surface area contributed by atoms with Crippen LogP contribution in [0.15, 0.2) is 46.9 Å². The number of carbonyl (C=O) groups excluding carboxylic acids is 2. The number of anilines is 2. The van der Waals surface area contributed by atoms with E-state index in [0.717, 1.165) is 10.7 Å². The summed E-state index contributed by atoms with van der Waals surface area (Å²) in [6, 6.07) is 11.4. The van der Waals surface area contributed by atoms with Crippen molar-refractivity contribution in [2.45, 2.75) is 50.2 Å². The van der Waals surface area contributed by atoms with E-state index in [1.165, 1.54) is 11.8 Å². The lowest BCUT2D eigenvalue weighted by atomic mass is 9.96. The molecule has 0 radical (unpaired) electrons. The second-order valence-corrected chi connectivity index (χ2v) is 9.75. The number of nitrogens with one attached hydrogen (secondary N) is 1. The molecule has 30 heavy (non-hydrogen) atoms. The van der Waals surface area contributed by atoms with Crippen LogP contribution in [0.5, 0.6) is 0 Å². The van der Waals surface area contributed by atoms with E-state index in [4.69, 9.17) is 0 Å². The van der Waals surface area contributed by atoms with Crippen LogP contribution in [0, 0.1) is 0 Å². The highest BCUT2D eigenvalue weighted by molar-refractivity contribution is 8.00. The number of para-hydroxylation sites is 2. The van der Waals surface area contributed by atoms with E-state index in [-0.39, 0.29) is 11.8 Å². The number of hydrogen-bond donors (Lipinski definition) is 1. The summed E-state index contributed by atoms with van der Waals surface area (Å²) in [6.07, 6.45) is 0. The molecule has 156 valence electrons. The molecule has 1 aliphatic rings. The van der Waals surface area contributed by atoms with Gasteiger partial charge in [-0.05, 0) is 51.3 Å². The zero-order chi connectivity index (χ0) is 21.5. The molecule has 2 amide bonds. The van der Waals surface area contributed by atoms with Gasteiger partial charge in [-0.2, -0.15) is 0 Å². The molecule has 0 saturated heterocycles. The molecule has 0 aliphatic carbocycles. The lowest BCUT2D eigenvalue weighted by Gasteiger charge is -2.43. The van der Waals surface area contributed by atoms with Gasteiger partial charge in [0.1, 0.15) is 5.54 Å². The Morgan fingerprint density at radius 3 is 2.70 bits per heavy atom. The maximum atomic E-state index is 13.5. The molecular formula is C21H23N5O2S2. The Balaban J connectivity index is 1.64. The van der Waals surface area contributed by atoms with Gasteiger partial charge in [-0.25, -0.2) is 0 Å². The maximum Gasteiger partial charge on any atom is 0.250 e. The zero-order valence-corrected chi connectivity index (χ0v) is 18.9. The first kappa shape index (κ1) is 20.6. The van der Waals surface area contributed by atoms with E-state index in [0.29, 0.717) is 23.1 Å². The number of rotatable bonds is 5. The minimum atomic E-state index is -0.999. The highest BCUT2D eigenvalue weighted by Crippen LogP contribution is 2.39. The molecule has 1 atom stereocenters. The first-order valence-corrected chi connectivity index (χ1v) is 11.5. The number of thioether (sulfide) groups is 1. The molecule has 3 heterocycles. The van der Waals surface area contributed by atoms with Gasteiger partial charge >= 0.3 is 0 Å². The van der Waals surface area contributed by atoms with Crippen LogP contribution >= 0.6 is 23.1 Å². The lowest BCUT2D eigenvalue weighted by Crippen LogP contribution is -2.60. The summed E-state index contributed by atoms with van der Waals surface area (Å²) in [5.74, 6) is 0.455. The Morgan fingerprint density at radius 2 is 2.00 bits per heavy atom. The van der Waals surface area contributed by atoms with Crippen molar-refractivity contribution >= 4 is 46.3 Å². The molecule has 1 aromatic carbocycles. The topological polar surface area (TPSA) is 80.1 Å². The Bertz CT molecular complexity index is 1090. The first-order chi connectivity index (χ1) is 14.3. The number of amides is 2. The molecule has 0 bridgehead atoms. The predicted octanol–water partition coefficient (Wildman–Crippen LogP) is 4.27. The number of thiophene rings is 1. The quantitative estimate of drug-likeness (QED) is 0.598. The monoisotopic (exact) mass is 441 g/mol. The number of fused-ring (bicyclic) bond motifs is 1. The Hall–Kier alpha value is -2.65. The number of benzene rings is 1. The van der Waals surface area contributed by atoms with E-state index in [1.54, 1.807) is 30.1 Å². The maximum absolute atomic E-state index is 13.5. The second kappa shape index (κ2) is 7.88. The Kier molecular flexibility index (Phi) is 5.42. The number of hydrogen-bond acceptors (Lipinski definition) is 6. The van der Waals surface area contributed by atoms with E-state index in [9.17, 15) is 9.59 Å². The molecule has 3 aromatic rings. The van der Waals surface area contributed by atoms with Gasteiger partial charge in [0, 0.05) is 6.54 Å². The molecular weight excluding hydrogens is 418 g/mol. The van der Waals surface area contributed by atoms with Crippen LogP contribution < -0.4 is 10.2 Å². The van der Waals surface area contributed by atoms with Gasteiger partial charge in [-0.15, -0.1) is 21.5 Å². The number of nitrogens with zero attached hydrogens (tertiary/aromatic N) is 4. The summed E-state index contributed by atoms with van der Waals surface area (Å²) in [6.45, 7) is 8.10. The van der Waals surface area contributed by atoms with Gasteiger partial charge in [0.15, 0.2) is 11.0 Å². The van der Waals surface area contributed by atoms with Crippen molar-refractivity contribution in [3.8, 4) is 10.7 Å². The minimum Gasteiger partial charge on any atom is -0.322 e. The van der Waals surface area contributed by atoms with Gasteiger partial charge in [0.2, 0.25) is 11.8 Å². The minimum absolute atomic E-state index is 0.143. The molecule has 9 heteroatoms. The van der Waals surface area contributed by atoms with Crippen LogP contribution in [0.3, 0.4) is 0 Å². The van der Waals surface area contributed by atoms with Crippen LogP contribution in [-0.4, -0.2) is 37.4 Å². The smallest absolute Gasteiger partial charge is 0.250 e. The summed E-state index contributed by atoms with van der Waals surface area (Å²) < 4.78 is 2.02. The fourth-order valence-electron chi connectivity index (χ4n) is 3.49. The van der Waals surface area contributed by atoms with Crippen LogP contribution in [0.1, 0.15) is 27.7 Å². The van der Waals surface area contributed by atoms with Crippen molar-refractivity contribution in [2.24, 2.45) is 0 Å². The normalized spacial score (nSPS) is 16.1. The molecule has 2 aromatic heterocycles. The predicted molar refractivity (Wildman–Crippen MR) is 121 cm³/mol. The van der Waals surface area contributed by atoms with Crippen LogP contribution in [0.4, 0.5) is 11.4 Å². The van der Waals surface area contributed by atoms with Crippen molar-refractivity contribution in [1.82, 2.24) is 14.8 Å². The standard InChI is InChI=1S/C21H23N5O2S2/c1-5-25-17(16-11-8-12-29-16)23-24-20(25)30-13(2)18(27)26-15-10-7-6-9-14(15)22-19(28)21(26,3)4/h6-13H,5H2,1-4H3,(H,22,28). The highest BCUT2D eigenvalue weighted by atomic mass is 32.2. The van der Waals surface area contributed by atoms with E-state index < -0.39 is 10.8 Å². The van der Waals surface area contributed by atoms with Gasteiger partial charge in [-0.1, -0.05) is 30.0 Å². The van der Waals surface area contributed by atoms with E-state index in [2.05, 4.69) is 15.5 Å². The van der Waals surface area contributed by atoms with Crippen molar-refractivity contribution in [2.75, 3.05) is 10.2 Å². The third kappa shape index (κ3) is 3.41. The molecule has 1 N–H and O–H groups in total. The molecule has 1 unspecified atom stereocenters. The molecule has 0 spiro atoms. The average Bonchev–Trinajstić information content (AvgIpc) is 3.37. The summed E-state index contributed by atoms with van der Waals surface area (Å²) >= 11 is 2.97.